The molecule has 36 heavy (non-hydrogen) atoms. The van der Waals surface area contributed by atoms with Crippen LogP contribution in [-0.2, 0) is 14.3 Å². The average Bonchev–Trinajstić information content (AvgIpc) is 3.12. The number of hydrogen-bond donors (Lipinski definition) is 1. The Kier molecular flexibility index (Phi) is 6.61. The van der Waals surface area contributed by atoms with Crippen LogP contribution in [0, 0.1) is 27.7 Å². The molecule has 184 valence electrons. The van der Waals surface area contributed by atoms with Gasteiger partial charge < -0.3 is 9.30 Å². The zero-order chi connectivity index (χ0) is 26.1. The molecule has 4 rings (SSSR count). The lowest BCUT2D eigenvalue weighted by Crippen LogP contribution is -2.54. The van der Waals surface area contributed by atoms with Crippen molar-refractivity contribution in [2.45, 2.75) is 34.6 Å². The lowest BCUT2D eigenvalue weighted by Gasteiger charge is -2.28. The lowest BCUT2D eigenvalue weighted by molar-refractivity contribution is -0.122. The SMILES string of the molecule is CCOC(=O)c1ccc(-n2c(C)cc(/C=C3\C(=O)NC(=O)N(c4cccc(C)c4C)C3=O)c2C)cc1. The minimum absolute atomic E-state index is 0.131. The Morgan fingerprint density at radius 2 is 1.69 bits per heavy atom. The van der Waals surface area contributed by atoms with Crippen molar-refractivity contribution in [2.24, 2.45) is 0 Å². The number of barbiturate groups is 1. The van der Waals surface area contributed by atoms with Gasteiger partial charge in [0.1, 0.15) is 5.57 Å². The van der Waals surface area contributed by atoms with Crippen molar-refractivity contribution in [3.05, 3.63) is 87.7 Å². The molecule has 0 saturated carbocycles. The van der Waals surface area contributed by atoms with Gasteiger partial charge in [-0.25, -0.2) is 14.5 Å². The van der Waals surface area contributed by atoms with E-state index in [-0.39, 0.29) is 11.5 Å². The summed E-state index contributed by atoms with van der Waals surface area (Å²) < 4.78 is 7.00. The number of carbonyl (C=O) groups is 4. The van der Waals surface area contributed by atoms with Gasteiger partial charge >= 0.3 is 12.0 Å². The van der Waals surface area contributed by atoms with E-state index < -0.39 is 17.8 Å². The van der Waals surface area contributed by atoms with E-state index in [4.69, 9.17) is 4.74 Å². The Hall–Kier alpha value is -4.46. The van der Waals surface area contributed by atoms with Crippen LogP contribution in [-0.4, -0.2) is 35.0 Å². The highest BCUT2D eigenvalue weighted by Gasteiger charge is 2.37. The largest absolute Gasteiger partial charge is 0.462 e. The molecule has 2 aromatic carbocycles. The standard InChI is InChI=1S/C28H27N3O5/c1-6-36-27(34)20-10-12-22(13-11-20)30-17(3)14-21(19(30)5)15-23-25(32)29-28(35)31(26(23)33)24-9-7-8-16(2)18(24)4/h7-15H,6H2,1-5H3,(H,29,32,35)/b23-15+. The third kappa shape index (κ3) is 4.33. The van der Waals surface area contributed by atoms with Gasteiger partial charge in [0.25, 0.3) is 11.8 Å². The average molecular weight is 486 g/mol. The van der Waals surface area contributed by atoms with Crippen molar-refractivity contribution >= 4 is 35.6 Å². The number of aromatic nitrogens is 1. The lowest BCUT2D eigenvalue weighted by atomic mass is 10.0. The molecule has 1 aliphatic heterocycles. The van der Waals surface area contributed by atoms with Gasteiger partial charge in [0, 0.05) is 17.1 Å². The normalized spacial score (nSPS) is 14.9. The Bertz CT molecular complexity index is 1430. The molecule has 0 atom stereocenters. The van der Waals surface area contributed by atoms with Crippen LogP contribution in [0.1, 0.15) is 45.4 Å². The Morgan fingerprint density at radius 1 is 1.00 bits per heavy atom. The molecule has 4 amide bonds. The molecule has 1 saturated heterocycles. The number of nitrogens with one attached hydrogen (secondary N) is 1. The van der Waals surface area contributed by atoms with Crippen molar-refractivity contribution in [1.82, 2.24) is 9.88 Å². The second kappa shape index (κ2) is 9.65. The minimum Gasteiger partial charge on any atom is -0.462 e. The topological polar surface area (TPSA) is 97.7 Å². The van der Waals surface area contributed by atoms with Gasteiger partial charge in [-0.15, -0.1) is 0 Å². The monoisotopic (exact) mass is 485 g/mol. The van der Waals surface area contributed by atoms with Crippen molar-refractivity contribution in [3.63, 3.8) is 0 Å². The molecule has 8 heteroatoms. The first kappa shape index (κ1) is 24.7. The highest BCUT2D eigenvalue weighted by atomic mass is 16.5. The highest BCUT2D eigenvalue weighted by Crippen LogP contribution is 2.28. The Labute approximate surface area is 209 Å². The molecule has 0 spiro atoms. The van der Waals surface area contributed by atoms with Crippen LogP contribution in [0.25, 0.3) is 11.8 Å². The van der Waals surface area contributed by atoms with Crippen LogP contribution < -0.4 is 10.2 Å². The number of ether oxygens (including phenoxy) is 1. The summed E-state index contributed by atoms with van der Waals surface area (Å²) in [6, 6.07) is 13.4. The quantitative estimate of drug-likeness (QED) is 0.325. The zero-order valence-corrected chi connectivity index (χ0v) is 20.8. The summed E-state index contributed by atoms with van der Waals surface area (Å²) in [5.41, 5.74) is 5.59. The molecule has 0 unspecified atom stereocenters. The van der Waals surface area contributed by atoms with Crippen molar-refractivity contribution in [1.29, 1.82) is 0 Å². The van der Waals surface area contributed by atoms with Crippen LogP contribution in [0.2, 0.25) is 0 Å². The maximum absolute atomic E-state index is 13.4. The number of benzene rings is 2. The van der Waals surface area contributed by atoms with E-state index in [0.717, 1.165) is 33.1 Å². The predicted octanol–water partition coefficient (Wildman–Crippen LogP) is 4.55. The van der Waals surface area contributed by atoms with E-state index in [0.29, 0.717) is 23.4 Å². The first-order valence-electron chi connectivity index (χ1n) is 11.6. The van der Waals surface area contributed by atoms with Gasteiger partial charge in [-0.2, -0.15) is 0 Å². The number of hydrogen-bond acceptors (Lipinski definition) is 5. The molecule has 1 aromatic heterocycles. The number of nitrogens with zero attached hydrogens (tertiary/aromatic N) is 2. The number of amides is 4. The predicted molar refractivity (Wildman–Crippen MR) is 136 cm³/mol. The maximum atomic E-state index is 13.4. The molecule has 3 aromatic rings. The Morgan fingerprint density at radius 3 is 2.36 bits per heavy atom. The van der Waals surface area contributed by atoms with Crippen LogP contribution in [0.5, 0.6) is 0 Å². The molecule has 2 heterocycles. The summed E-state index contributed by atoms with van der Waals surface area (Å²) in [5, 5.41) is 2.28. The molecular weight excluding hydrogens is 458 g/mol. The van der Waals surface area contributed by atoms with E-state index in [1.165, 1.54) is 6.08 Å². The number of anilines is 1. The van der Waals surface area contributed by atoms with Crippen molar-refractivity contribution in [3.8, 4) is 5.69 Å². The molecule has 0 radical (unpaired) electrons. The third-order valence-electron chi connectivity index (χ3n) is 6.33. The van der Waals surface area contributed by atoms with Gasteiger partial charge in [0.15, 0.2) is 0 Å². The van der Waals surface area contributed by atoms with Crippen LogP contribution in [0.4, 0.5) is 10.5 Å². The summed E-state index contributed by atoms with van der Waals surface area (Å²) in [6.07, 6.45) is 1.51. The zero-order valence-electron chi connectivity index (χ0n) is 20.8. The van der Waals surface area contributed by atoms with Gasteiger partial charge in [-0.1, -0.05) is 12.1 Å². The second-order valence-electron chi connectivity index (χ2n) is 8.61. The fourth-order valence-electron chi connectivity index (χ4n) is 4.30. The van der Waals surface area contributed by atoms with Gasteiger partial charge in [0.05, 0.1) is 17.9 Å². The van der Waals surface area contributed by atoms with Gasteiger partial charge in [-0.3, -0.25) is 14.9 Å². The van der Waals surface area contributed by atoms with Gasteiger partial charge in [0.2, 0.25) is 0 Å². The summed E-state index contributed by atoms with van der Waals surface area (Å²) >= 11 is 0. The minimum atomic E-state index is -0.775. The molecule has 0 bridgehead atoms. The van der Waals surface area contributed by atoms with E-state index in [9.17, 15) is 19.2 Å². The van der Waals surface area contributed by atoms with Crippen LogP contribution >= 0.6 is 0 Å². The fraction of sp³-hybridized carbons (Fsp3) is 0.214. The number of esters is 1. The van der Waals surface area contributed by atoms with E-state index in [2.05, 4.69) is 5.32 Å². The number of aryl methyl sites for hydroxylation is 2. The van der Waals surface area contributed by atoms with Crippen LogP contribution in [0.15, 0.2) is 54.1 Å². The van der Waals surface area contributed by atoms with E-state index in [1.807, 2.05) is 56.5 Å². The molecule has 0 aliphatic carbocycles. The van der Waals surface area contributed by atoms with Gasteiger partial charge in [-0.05, 0) is 93.8 Å². The summed E-state index contributed by atoms with van der Waals surface area (Å²) in [5.74, 6) is -1.81. The number of urea groups is 1. The molecule has 1 N–H and O–H groups in total. The summed E-state index contributed by atoms with van der Waals surface area (Å²) in [4.78, 5) is 51.6. The second-order valence-corrected chi connectivity index (χ2v) is 8.61. The summed E-state index contributed by atoms with van der Waals surface area (Å²) in [6.45, 7) is 9.55. The molecule has 1 fully saturated rings. The smallest absolute Gasteiger partial charge is 0.338 e. The Balaban J connectivity index is 1.72. The third-order valence-corrected chi connectivity index (χ3v) is 6.33. The summed E-state index contributed by atoms with van der Waals surface area (Å²) in [7, 11) is 0. The first-order valence-corrected chi connectivity index (χ1v) is 11.6. The van der Waals surface area contributed by atoms with Crippen molar-refractivity contribution in [2.75, 3.05) is 11.5 Å². The molecule has 1 aliphatic rings. The van der Waals surface area contributed by atoms with Crippen LogP contribution in [0.3, 0.4) is 0 Å². The number of imide groups is 2. The van der Waals surface area contributed by atoms with E-state index >= 15 is 0 Å². The van der Waals surface area contributed by atoms with E-state index in [1.54, 1.807) is 31.2 Å². The highest BCUT2D eigenvalue weighted by molar-refractivity contribution is 6.39. The number of rotatable bonds is 5. The molecular formula is C28H27N3O5. The van der Waals surface area contributed by atoms with Crippen molar-refractivity contribution < 1.29 is 23.9 Å². The maximum Gasteiger partial charge on any atom is 0.338 e. The fourth-order valence-corrected chi connectivity index (χ4v) is 4.30. The molecule has 8 nitrogen and oxygen atoms in total. The first-order chi connectivity index (χ1) is 17.1. The number of carbonyl (C=O) groups excluding carboxylic acids is 4.